The van der Waals surface area contributed by atoms with E-state index in [9.17, 15) is 4.79 Å². The van der Waals surface area contributed by atoms with Gasteiger partial charge in [0.25, 0.3) is 0 Å². The molecule has 5 heteroatoms. The van der Waals surface area contributed by atoms with E-state index in [-0.39, 0.29) is 0 Å². The fourth-order valence-electron chi connectivity index (χ4n) is 1.66. The van der Waals surface area contributed by atoms with Crippen molar-refractivity contribution in [1.29, 1.82) is 0 Å². The highest BCUT2D eigenvalue weighted by molar-refractivity contribution is 5.93. The van der Waals surface area contributed by atoms with Crippen LogP contribution >= 0.6 is 0 Å². The Morgan fingerprint density at radius 3 is 2.80 bits per heavy atom. The average Bonchev–Trinajstić information content (AvgIpc) is 2.30. The number of nitrogens with zero attached hydrogens (tertiary/aromatic N) is 2. The van der Waals surface area contributed by atoms with Crippen LogP contribution in [0.3, 0.4) is 0 Å². The van der Waals surface area contributed by atoms with Gasteiger partial charge in [0, 0.05) is 32.4 Å². The van der Waals surface area contributed by atoms with Crippen LogP contribution in [0.15, 0.2) is 18.5 Å². The lowest BCUT2D eigenvalue weighted by atomic mass is 10.2. The number of anilines is 1. The Balaban J connectivity index is 2.19. The SMILES string of the molecule is NC(=O)c1cncc(N2CCNCC2)c1. The van der Waals surface area contributed by atoms with Crippen molar-refractivity contribution in [3.63, 3.8) is 0 Å². The van der Waals surface area contributed by atoms with Crippen LogP contribution < -0.4 is 16.0 Å². The van der Waals surface area contributed by atoms with Gasteiger partial charge in [-0.2, -0.15) is 0 Å². The molecule has 0 radical (unpaired) electrons. The molecule has 1 amide bonds. The van der Waals surface area contributed by atoms with Gasteiger partial charge in [-0.3, -0.25) is 9.78 Å². The fraction of sp³-hybridized carbons (Fsp3) is 0.400. The number of hydrogen-bond acceptors (Lipinski definition) is 4. The molecule has 0 aliphatic carbocycles. The van der Waals surface area contributed by atoms with E-state index in [1.807, 2.05) is 0 Å². The van der Waals surface area contributed by atoms with E-state index in [4.69, 9.17) is 5.73 Å². The van der Waals surface area contributed by atoms with Crippen molar-refractivity contribution >= 4 is 11.6 Å². The molecule has 80 valence electrons. The number of carbonyl (C=O) groups is 1. The molecule has 0 saturated carbocycles. The molecule has 0 bridgehead atoms. The summed E-state index contributed by atoms with van der Waals surface area (Å²) in [6.45, 7) is 3.79. The molecule has 1 fully saturated rings. The summed E-state index contributed by atoms with van der Waals surface area (Å²) in [7, 11) is 0. The number of nitrogens with one attached hydrogen (secondary N) is 1. The summed E-state index contributed by atoms with van der Waals surface area (Å²) in [5, 5.41) is 3.27. The first-order chi connectivity index (χ1) is 7.27. The van der Waals surface area contributed by atoms with Gasteiger partial charge >= 0.3 is 0 Å². The smallest absolute Gasteiger partial charge is 0.250 e. The van der Waals surface area contributed by atoms with Crippen LogP contribution in [0.25, 0.3) is 0 Å². The molecule has 2 heterocycles. The molecule has 1 aliphatic rings. The van der Waals surface area contributed by atoms with Gasteiger partial charge < -0.3 is 16.0 Å². The Kier molecular flexibility index (Phi) is 2.82. The van der Waals surface area contributed by atoms with Gasteiger partial charge in [0.1, 0.15) is 0 Å². The van der Waals surface area contributed by atoms with E-state index in [1.54, 1.807) is 12.3 Å². The normalized spacial score (nSPS) is 16.4. The largest absolute Gasteiger partial charge is 0.368 e. The van der Waals surface area contributed by atoms with Crippen molar-refractivity contribution in [3.8, 4) is 0 Å². The van der Waals surface area contributed by atoms with Gasteiger partial charge in [0.2, 0.25) is 5.91 Å². The zero-order chi connectivity index (χ0) is 10.7. The van der Waals surface area contributed by atoms with Gasteiger partial charge in [-0.05, 0) is 6.07 Å². The van der Waals surface area contributed by atoms with E-state index in [2.05, 4.69) is 15.2 Å². The Bertz CT molecular complexity index is 360. The molecule has 0 unspecified atom stereocenters. The Hall–Kier alpha value is -1.62. The van der Waals surface area contributed by atoms with Crippen molar-refractivity contribution in [2.75, 3.05) is 31.1 Å². The number of amides is 1. The molecule has 3 N–H and O–H groups in total. The van der Waals surface area contributed by atoms with Crippen molar-refractivity contribution in [2.45, 2.75) is 0 Å². The summed E-state index contributed by atoms with van der Waals surface area (Å²) in [5.41, 5.74) is 6.63. The van der Waals surface area contributed by atoms with Crippen LogP contribution in [0, 0.1) is 0 Å². The number of hydrogen-bond donors (Lipinski definition) is 2. The third kappa shape index (κ3) is 2.24. The monoisotopic (exact) mass is 206 g/mol. The summed E-state index contributed by atoms with van der Waals surface area (Å²) >= 11 is 0. The molecule has 1 aromatic rings. The van der Waals surface area contributed by atoms with Crippen molar-refractivity contribution in [1.82, 2.24) is 10.3 Å². The first kappa shape index (κ1) is 9.92. The van der Waals surface area contributed by atoms with E-state index in [0.717, 1.165) is 31.9 Å². The maximum absolute atomic E-state index is 11.0. The van der Waals surface area contributed by atoms with E-state index < -0.39 is 5.91 Å². The minimum Gasteiger partial charge on any atom is -0.368 e. The molecule has 2 rings (SSSR count). The number of carbonyl (C=O) groups excluding carboxylic acids is 1. The van der Waals surface area contributed by atoms with Crippen LogP contribution in [0.1, 0.15) is 10.4 Å². The highest BCUT2D eigenvalue weighted by atomic mass is 16.1. The van der Waals surface area contributed by atoms with E-state index >= 15 is 0 Å². The van der Waals surface area contributed by atoms with Gasteiger partial charge in [-0.1, -0.05) is 0 Å². The fourth-order valence-corrected chi connectivity index (χ4v) is 1.66. The molecule has 1 aromatic heterocycles. The van der Waals surface area contributed by atoms with Crippen LogP contribution in [0.2, 0.25) is 0 Å². The van der Waals surface area contributed by atoms with Gasteiger partial charge in [-0.25, -0.2) is 0 Å². The summed E-state index contributed by atoms with van der Waals surface area (Å²) < 4.78 is 0. The van der Waals surface area contributed by atoms with Crippen LogP contribution in [-0.2, 0) is 0 Å². The number of primary amides is 1. The summed E-state index contributed by atoms with van der Waals surface area (Å²) in [5.74, 6) is -0.431. The lowest BCUT2D eigenvalue weighted by Gasteiger charge is -2.29. The van der Waals surface area contributed by atoms with Crippen molar-refractivity contribution < 1.29 is 4.79 Å². The molecule has 15 heavy (non-hydrogen) atoms. The van der Waals surface area contributed by atoms with Crippen LogP contribution in [-0.4, -0.2) is 37.1 Å². The van der Waals surface area contributed by atoms with Crippen molar-refractivity contribution in [2.24, 2.45) is 5.73 Å². The molecular formula is C10H14N4O. The summed E-state index contributed by atoms with van der Waals surface area (Å²) in [6, 6.07) is 1.79. The highest BCUT2D eigenvalue weighted by Crippen LogP contribution is 2.14. The third-order valence-electron chi connectivity index (χ3n) is 2.49. The minimum absolute atomic E-state index is 0.431. The van der Waals surface area contributed by atoms with Crippen LogP contribution in [0.5, 0.6) is 0 Å². The quantitative estimate of drug-likeness (QED) is 0.690. The second-order valence-corrected chi connectivity index (χ2v) is 3.53. The number of aromatic nitrogens is 1. The third-order valence-corrected chi connectivity index (χ3v) is 2.49. The zero-order valence-corrected chi connectivity index (χ0v) is 8.44. The topological polar surface area (TPSA) is 71.2 Å². The maximum atomic E-state index is 11.0. The molecular weight excluding hydrogens is 192 g/mol. The molecule has 1 aliphatic heterocycles. The number of rotatable bonds is 2. The molecule has 1 saturated heterocycles. The lowest BCUT2D eigenvalue weighted by Crippen LogP contribution is -2.43. The summed E-state index contributed by atoms with van der Waals surface area (Å²) in [6.07, 6.45) is 3.26. The predicted molar refractivity (Wildman–Crippen MR) is 57.8 cm³/mol. The molecule has 0 aromatic carbocycles. The van der Waals surface area contributed by atoms with Crippen molar-refractivity contribution in [3.05, 3.63) is 24.0 Å². The second-order valence-electron chi connectivity index (χ2n) is 3.53. The Labute approximate surface area is 88.3 Å². The first-order valence-electron chi connectivity index (χ1n) is 4.98. The maximum Gasteiger partial charge on any atom is 0.250 e. The average molecular weight is 206 g/mol. The van der Waals surface area contributed by atoms with Gasteiger partial charge in [0.05, 0.1) is 17.4 Å². The lowest BCUT2D eigenvalue weighted by molar-refractivity contribution is 0.1000. The second kappa shape index (κ2) is 4.27. The zero-order valence-electron chi connectivity index (χ0n) is 8.44. The standard InChI is InChI=1S/C10H14N4O/c11-10(15)8-5-9(7-13-6-8)14-3-1-12-2-4-14/h5-7,12H,1-4H2,(H2,11,15). The number of piperazine rings is 1. The molecule has 0 atom stereocenters. The van der Waals surface area contributed by atoms with Gasteiger partial charge in [-0.15, -0.1) is 0 Å². The Morgan fingerprint density at radius 2 is 2.13 bits per heavy atom. The van der Waals surface area contributed by atoms with E-state index in [1.165, 1.54) is 6.20 Å². The van der Waals surface area contributed by atoms with E-state index in [0.29, 0.717) is 5.56 Å². The molecule has 5 nitrogen and oxygen atoms in total. The predicted octanol–water partition coefficient (Wildman–Crippen LogP) is -0.410. The minimum atomic E-state index is -0.431. The first-order valence-corrected chi connectivity index (χ1v) is 4.98. The molecule has 0 spiro atoms. The Morgan fingerprint density at radius 1 is 1.40 bits per heavy atom. The highest BCUT2D eigenvalue weighted by Gasteiger charge is 2.11. The van der Waals surface area contributed by atoms with Crippen LogP contribution in [0.4, 0.5) is 5.69 Å². The number of nitrogens with two attached hydrogens (primary N) is 1. The van der Waals surface area contributed by atoms with Gasteiger partial charge in [0.15, 0.2) is 0 Å². The summed E-state index contributed by atoms with van der Waals surface area (Å²) in [4.78, 5) is 17.2. The number of pyridine rings is 1.